The number of nitrogens with one attached hydrogen (secondary N) is 1. The average molecular weight is 394 g/mol. The predicted molar refractivity (Wildman–Crippen MR) is 113 cm³/mol. The van der Waals surface area contributed by atoms with Gasteiger partial charge in [-0.2, -0.15) is 0 Å². The molecule has 1 heterocycles. The monoisotopic (exact) mass is 394 g/mol. The minimum Gasteiger partial charge on any atom is -0.325 e. The van der Waals surface area contributed by atoms with Gasteiger partial charge in [0.2, 0.25) is 5.91 Å². The molecule has 144 valence electrons. The third kappa shape index (κ3) is 4.70. The number of hydrogen-bond acceptors (Lipinski definition) is 4. The van der Waals surface area contributed by atoms with Gasteiger partial charge in [-0.3, -0.25) is 19.3 Å². The number of carbonyl (C=O) groups excluding carboxylic acids is 3. The van der Waals surface area contributed by atoms with Crippen molar-refractivity contribution in [3.63, 3.8) is 0 Å². The Bertz CT molecular complexity index is 949. The Morgan fingerprint density at radius 1 is 1.14 bits per heavy atom. The maximum absolute atomic E-state index is 12.6. The topological polar surface area (TPSA) is 66.5 Å². The normalized spacial score (nSPS) is 15.6. The lowest BCUT2D eigenvalue weighted by molar-refractivity contribution is -0.127. The summed E-state index contributed by atoms with van der Waals surface area (Å²) in [5.41, 5.74) is 3.70. The van der Waals surface area contributed by atoms with E-state index in [-0.39, 0.29) is 6.54 Å². The first-order valence-electron chi connectivity index (χ1n) is 9.05. The summed E-state index contributed by atoms with van der Waals surface area (Å²) >= 11 is 0.856. The molecule has 28 heavy (non-hydrogen) atoms. The lowest BCUT2D eigenvalue weighted by Gasteiger charge is -2.12. The van der Waals surface area contributed by atoms with E-state index < -0.39 is 17.1 Å². The van der Waals surface area contributed by atoms with E-state index in [0.717, 1.165) is 27.8 Å². The maximum atomic E-state index is 12.6. The van der Waals surface area contributed by atoms with E-state index in [4.69, 9.17) is 0 Å². The number of aryl methyl sites for hydroxylation is 1. The zero-order valence-corrected chi connectivity index (χ0v) is 16.9. The van der Waals surface area contributed by atoms with E-state index in [1.54, 1.807) is 12.1 Å². The minimum absolute atomic E-state index is 0.303. The summed E-state index contributed by atoms with van der Waals surface area (Å²) in [5.74, 6) is -0.425. The van der Waals surface area contributed by atoms with Crippen LogP contribution in [-0.4, -0.2) is 28.5 Å². The summed E-state index contributed by atoms with van der Waals surface area (Å²) in [6, 6.07) is 15.2. The number of amides is 3. The third-order valence-corrected chi connectivity index (χ3v) is 5.29. The molecule has 0 radical (unpaired) electrons. The van der Waals surface area contributed by atoms with Crippen LogP contribution in [0.5, 0.6) is 0 Å². The second-order valence-electron chi connectivity index (χ2n) is 7.01. The van der Waals surface area contributed by atoms with Crippen LogP contribution in [-0.2, 0) is 9.59 Å². The largest absolute Gasteiger partial charge is 0.325 e. The molecule has 0 spiro atoms. The Morgan fingerprint density at radius 3 is 2.50 bits per heavy atom. The molecule has 5 nitrogen and oxygen atoms in total. The van der Waals surface area contributed by atoms with E-state index in [0.29, 0.717) is 16.5 Å². The highest BCUT2D eigenvalue weighted by atomic mass is 32.2. The zero-order valence-electron chi connectivity index (χ0n) is 16.1. The lowest BCUT2D eigenvalue weighted by Crippen LogP contribution is -2.36. The number of nitrogens with zero attached hydrogens (tertiary/aromatic N) is 1. The summed E-state index contributed by atoms with van der Waals surface area (Å²) in [4.78, 5) is 38.3. The number of benzene rings is 2. The van der Waals surface area contributed by atoms with Gasteiger partial charge >= 0.3 is 0 Å². The Balaban J connectivity index is 1.68. The Kier molecular flexibility index (Phi) is 5.99. The Hall–Kier alpha value is -2.86. The maximum Gasteiger partial charge on any atom is 0.294 e. The van der Waals surface area contributed by atoms with Crippen molar-refractivity contribution in [1.82, 2.24) is 4.90 Å². The van der Waals surface area contributed by atoms with E-state index in [1.165, 1.54) is 5.56 Å². The van der Waals surface area contributed by atoms with Crippen molar-refractivity contribution in [2.45, 2.75) is 26.7 Å². The summed E-state index contributed by atoms with van der Waals surface area (Å²) in [5, 5.41) is 2.28. The van der Waals surface area contributed by atoms with Crippen LogP contribution in [0.1, 0.15) is 36.5 Å². The van der Waals surface area contributed by atoms with Crippen LogP contribution in [0.4, 0.5) is 10.5 Å². The van der Waals surface area contributed by atoms with Crippen LogP contribution >= 0.6 is 11.8 Å². The van der Waals surface area contributed by atoms with Gasteiger partial charge in [0.15, 0.2) is 0 Å². The number of rotatable bonds is 5. The van der Waals surface area contributed by atoms with Crippen LogP contribution in [0.15, 0.2) is 53.4 Å². The van der Waals surface area contributed by atoms with Crippen molar-refractivity contribution in [2.75, 3.05) is 11.9 Å². The van der Waals surface area contributed by atoms with Gasteiger partial charge in [0.25, 0.3) is 11.1 Å². The fraction of sp³-hybridized carbons (Fsp3) is 0.227. The van der Waals surface area contributed by atoms with Gasteiger partial charge in [-0.1, -0.05) is 50.2 Å². The van der Waals surface area contributed by atoms with Gasteiger partial charge < -0.3 is 5.32 Å². The van der Waals surface area contributed by atoms with Crippen LogP contribution < -0.4 is 5.32 Å². The molecule has 1 N–H and O–H groups in total. The highest BCUT2D eigenvalue weighted by Gasteiger charge is 2.36. The number of anilines is 1. The Morgan fingerprint density at radius 2 is 1.86 bits per heavy atom. The fourth-order valence-electron chi connectivity index (χ4n) is 2.83. The molecule has 3 amide bonds. The van der Waals surface area contributed by atoms with Gasteiger partial charge in [-0.05, 0) is 59.5 Å². The molecule has 0 saturated carbocycles. The molecular formula is C22H22N2O3S. The standard InChI is InChI=1S/C22H22N2O3S/c1-14(2)17-9-7-16(8-10-17)12-19-21(26)24(22(27)28-19)13-20(25)23-18-6-4-5-15(3)11-18/h4-12,14H,13H2,1-3H3,(H,23,25)/b19-12-. The summed E-state index contributed by atoms with van der Waals surface area (Å²) in [7, 11) is 0. The first-order valence-corrected chi connectivity index (χ1v) is 9.87. The fourth-order valence-corrected chi connectivity index (χ4v) is 3.67. The molecule has 0 unspecified atom stereocenters. The van der Waals surface area contributed by atoms with Crippen LogP contribution in [0, 0.1) is 6.92 Å². The quantitative estimate of drug-likeness (QED) is 0.740. The molecular weight excluding hydrogens is 372 g/mol. The first-order chi connectivity index (χ1) is 13.3. The van der Waals surface area contributed by atoms with Crippen LogP contribution in [0.3, 0.4) is 0 Å². The second-order valence-corrected chi connectivity index (χ2v) is 8.00. The van der Waals surface area contributed by atoms with Crippen molar-refractivity contribution >= 4 is 40.6 Å². The number of imide groups is 1. The molecule has 6 heteroatoms. The van der Waals surface area contributed by atoms with E-state index in [2.05, 4.69) is 19.2 Å². The SMILES string of the molecule is Cc1cccc(NC(=O)CN2C(=O)S/C(=C\c3ccc(C(C)C)cc3)C2=O)c1. The van der Waals surface area contributed by atoms with E-state index in [9.17, 15) is 14.4 Å². The average Bonchev–Trinajstić information content (AvgIpc) is 2.89. The zero-order chi connectivity index (χ0) is 20.3. The minimum atomic E-state index is -0.442. The summed E-state index contributed by atoms with van der Waals surface area (Å²) in [6.45, 7) is 5.84. The number of carbonyl (C=O) groups is 3. The molecule has 1 aliphatic rings. The molecule has 0 bridgehead atoms. The van der Waals surface area contributed by atoms with Gasteiger partial charge in [0, 0.05) is 5.69 Å². The van der Waals surface area contributed by atoms with Crippen molar-refractivity contribution < 1.29 is 14.4 Å². The second kappa shape index (κ2) is 8.44. The molecule has 0 atom stereocenters. The highest BCUT2D eigenvalue weighted by molar-refractivity contribution is 8.18. The number of thioether (sulfide) groups is 1. The van der Waals surface area contributed by atoms with Crippen molar-refractivity contribution in [3.8, 4) is 0 Å². The molecule has 1 saturated heterocycles. The van der Waals surface area contributed by atoms with E-state index >= 15 is 0 Å². The van der Waals surface area contributed by atoms with Crippen molar-refractivity contribution in [2.24, 2.45) is 0 Å². The first kappa shape index (κ1) is 19.9. The Labute approximate surface area is 168 Å². The molecule has 2 aromatic carbocycles. The highest BCUT2D eigenvalue weighted by Crippen LogP contribution is 2.32. The van der Waals surface area contributed by atoms with Crippen molar-refractivity contribution in [3.05, 3.63) is 70.1 Å². The molecule has 3 rings (SSSR count). The number of hydrogen-bond donors (Lipinski definition) is 1. The molecule has 0 aliphatic carbocycles. The van der Waals surface area contributed by atoms with Gasteiger partial charge in [0.1, 0.15) is 6.54 Å². The predicted octanol–water partition coefficient (Wildman–Crippen LogP) is 4.79. The molecule has 2 aromatic rings. The van der Waals surface area contributed by atoms with Crippen molar-refractivity contribution in [1.29, 1.82) is 0 Å². The third-order valence-electron chi connectivity index (χ3n) is 4.38. The van der Waals surface area contributed by atoms with Gasteiger partial charge in [-0.15, -0.1) is 0 Å². The lowest BCUT2D eigenvalue weighted by atomic mass is 10.0. The van der Waals surface area contributed by atoms with Gasteiger partial charge in [0.05, 0.1) is 4.91 Å². The molecule has 0 aromatic heterocycles. The van der Waals surface area contributed by atoms with Crippen LogP contribution in [0.25, 0.3) is 6.08 Å². The van der Waals surface area contributed by atoms with E-state index in [1.807, 2.05) is 49.4 Å². The summed E-state index contributed by atoms with van der Waals surface area (Å²) < 4.78 is 0. The molecule has 1 aliphatic heterocycles. The molecule has 1 fully saturated rings. The smallest absolute Gasteiger partial charge is 0.294 e. The van der Waals surface area contributed by atoms with Gasteiger partial charge in [-0.25, -0.2) is 0 Å². The summed E-state index contributed by atoms with van der Waals surface area (Å²) in [6.07, 6.45) is 1.69. The van der Waals surface area contributed by atoms with Crippen LogP contribution in [0.2, 0.25) is 0 Å².